The lowest BCUT2D eigenvalue weighted by Gasteiger charge is -2.33. The van der Waals surface area contributed by atoms with Crippen LogP contribution in [-0.2, 0) is 6.42 Å². The molecule has 0 saturated carbocycles. The zero-order valence-electron chi connectivity index (χ0n) is 14.7. The molecule has 0 aliphatic carbocycles. The van der Waals surface area contributed by atoms with E-state index < -0.39 is 0 Å². The Balaban J connectivity index is 1.66. The molecule has 2 aromatic rings. The number of ether oxygens (including phenoxy) is 1. The molecule has 3 heteroatoms. The zero-order valence-corrected chi connectivity index (χ0v) is 14.7. The van der Waals surface area contributed by atoms with Crippen LogP contribution in [0.5, 0.6) is 5.75 Å². The smallest absolute Gasteiger partial charge is 0.122 e. The highest BCUT2D eigenvalue weighted by Crippen LogP contribution is 2.20. The number of nitrogens with one attached hydrogen (secondary N) is 1. The predicted octanol–water partition coefficient (Wildman–Crippen LogP) is 3.22. The van der Waals surface area contributed by atoms with Crippen molar-refractivity contribution in [3.8, 4) is 5.75 Å². The topological polar surface area (TPSA) is 26.6 Å². The second-order valence-corrected chi connectivity index (χ2v) is 6.70. The molecule has 1 unspecified atom stereocenters. The number of para-hydroxylation sites is 1. The monoisotopic (exact) mass is 325 g/mol. The number of rotatable bonds is 7. The van der Waals surface area contributed by atoms with Crippen molar-refractivity contribution in [2.24, 2.45) is 0 Å². The van der Waals surface area contributed by atoms with Gasteiger partial charge in [-0.1, -0.05) is 31.2 Å². The maximum Gasteiger partial charge on any atom is 0.122 e. The quantitative estimate of drug-likeness (QED) is 0.846. The van der Waals surface area contributed by atoms with E-state index in [1.807, 2.05) is 12.4 Å². The molecule has 24 heavy (non-hydrogen) atoms. The van der Waals surface area contributed by atoms with Crippen molar-refractivity contribution in [3.05, 3.63) is 59.9 Å². The summed E-state index contributed by atoms with van der Waals surface area (Å²) in [5, 5.41) is 0. The Morgan fingerprint density at radius 1 is 1.17 bits per heavy atom. The van der Waals surface area contributed by atoms with Crippen LogP contribution in [0.1, 0.15) is 49.8 Å². The van der Waals surface area contributed by atoms with E-state index >= 15 is 0 Å². The summed E-state index contributed by atoms with van der Waals surface area (Å²) in [5.74, 6) is 1.06. The van der Waals surface area contributed by atoms with Gasteiger partial charge in [0.2, 0.25) is 0 Å². The first kappa shape index (κ1) is 17.0. The van der Waals surface area contributed by atoms with Crippen LogP contribution in [0.25, 0.3) is 0 Å². The van der Waals surface area contributed by atoms with Crippen LogP contribution in [0.15, 0.2) is 48.8 Å². The number of hydrogen-bond donors (Lipinski definition) is 1. The van der Waals surface area contributed by atoms with Crippen LogP contribution >= 0.6 is 0 Å². The minimum atomic E-state index is 0.594. The Morgan fingerprint density at radius 2 is 2.08 bits per heavy atom. The summed E-state index contributed by atoms with van der Waals surface area (Å²) >= 11 is 0. The number of likely N-dealkylation sites (tertiary alicyclic amines) is 1. The lowest BCUT2D eigenvalue weighted by molar-refractivity contribution is -0.936. The fourth-order valence-electron chi connectivity index (χ4n) is 3.72. The number of nitrogens with zero attached hydrogens (tertiary/aromatic N) is 1. The molecule has 1 fully saturated rings. The van der Waals surface area contributed by atoms with Gasteiger partial charge in [-0.25, -0.2) is 0 Å². The zero-order chi connectivity index (χ0) is 16.6. The van der Waals surface area contributed by atoms with Gasteiger partial charge in [0.1, 0.15) is 11.8 Å². The van der Waals surface area contributed by atoms with E-state index in [0.717, 1.165) is 31.7 Å². The Labute approximate surface area is 145 Å². The van der Waals surface area contributed by atoms with Crippen molar-refractivity contribution >= 4 is 0 Å². The molecular weight excluding hydrogens is 296 g/mol. The third-order valence-electron chi connectivity index (χ3n) is 4.97. The maximum atomic E-state index is 5.92. The molecule has 0 radical (unpaired) electrons. The first-order valence-corrected chi connectivity index (χ1v) is 9.33. The van der Waals surface area contributed by atoms with Gasteiger partial charge >= 0.3 is 0 Å². The van der Waals surface area contributed by atoms with Gasteiger partial charge in [-0.15, -0.1) is 0 Å². The summed E-state index contributed by atoms with van der Waals surface area (Å²) in [7, 11) is 0. The van der Waals surface area contributed by atoms with E-state index in [1.165, 1.54) is 36.9 Å². The van der Waals surface area contributed by atoms with E-state index in [0.29, 0.717) is 6.04 Å². The molecule has 0 bridgehead atoms. The van der Waals surface area contributed by atoms with Gasteiger partial charge < -0.3 is 9.64 Å². The van der Waals surface area contributed by atoms with E-state index in [2.05, 4.69) is 48.3 Å². The lowest BCUT2D eigenvalue weighted by atomic mass is 9.96. The molecule has 2 heterocycles. The lowest BCUT2D eigenvalue weighted by Crippen LogP contribution is -3.13. The number of piperidine rings is 1. The van der Waals surface area contributed by atoms with Crippen LogP contribution in [0, 0.1) is 0 Å². The van der Waals surface area contributed by atoms with E-state index in [1.54, 1.807) is 4.90 Å². The normalized spacial score (nSPS) is 20.7. The van der Waals surface area contributed by atoms with E-state index in [-0.39, 0.29) is 0 Å². The first-order valence-electron chi connectivity index (χ1n) is 9.33. The molecule has 0 spiro atoms. The van der Waals surface area contributed by atoms with Crippen LogP contribution < -0.4 is 9.64 Å². The van der Waals surface area contributed by atoms with Crippen molar-refractivity contribution in [2.75, 3.05) is 19.7 Å². The number of pyridine rings is 1. The summed E-state index contributed by atoms with van der Waals surface area (Å²) in [6, 6.07) is 13.4. The fourth-order valence-corrected chi connectivity index (χ4v) is 3.72. The molecule has 3 rings (SSSR count). The number of quaternary nitrogens is 1. The SMILES string of the molecule is CCCOc1ccccc1CC[NH+]1CCCC[C@@H]1c1cccnc1. The summed E-state index contributed by atoms with van der Waals surface area (Å²) in [6.45, 7) is 5.37. The van der Waals surface area contributed by atoms with Crippen LogP contribution in [-0.4, -0.2) is 24.7 Å². The molecule has 1 aromatic carbocycles. The molecular formula is C21H29N2O+. The first-order chi connectivity index (χ1) is 11.9. The van der Waals surface area contributed by atoms with Gasteiger partial charge in [-0.3, -0.25) is 4.98 Å². The predicted molar refractivity (Wildman–Crippen MR) is 97.5 cm³/mol. The van der Waals surface area contributed by atoms with Crippen molar-refractivity contribution in [1.82, 2.24) is 4.98 Å². The highest BCUT2D eigenvalue weighted by molar-refractivity contribution is 5.33. The largest absolute Gasteiger partial charge is 0.493 e. The number of benzene rings is 1. The third-order valence-corrected chi connectivity index (χ3v) is 4.97. The highest BCUT2D eigenvalue weighted by Gasteiger charge is 2.27. The van der Waals surface area contributed by atoms with Gasteiger partial charge in [-0.05, 0) is 37.0 Å². The highest BCUT2D eigenvalue weighted by atomic mass is 16.5. The van der Waals surface area contributed by atoms with Gasteiger partial charge in [-0.2, -0.15) is 0 Å². The standard InChI is InChI=1S/C21H28N2O/c1-2-16-24-21-11-4-3-8-18(21)12-15-23-14-6-5-10-20(23)19-9-7-13-22-17-19/h3-4,7-9,11,13,17,20H,2,5-6,10,12,14-16H2,1H3/p+1/t20-/m1/s1. The van der Waals surface area contributed by atoms with Crippen molar-refractivity contribution < 1.29 is 9.64 Å². The van der Waals surface area contributed by atoms with E-state index in [9.17, 15) is 0 Å². The summed E-state index contributed by atoms with van der Waals surface area (Å²) in [4.78, 5) is 6.02. The molecule has 1 aliphatic rings. The van der Waals surface area contributed by atoms with Crippen molar-refractivity contribution in [3.63, 3.8) is 0 Å². The van der Waals surface area contributed by atoms with Crippen LogP contribution in [0.3, 0.4) is 0 Å². The second kappa shape index (κ2) is 8.84. The second-order valence-electron chi connectivity index (χ2n) is 6.70. The molecule has 1 aliphatic heterocycles. The number of aromatic nitrogens is 1. The molecule has 2 atom stereocenters. The average molecular weight is 325 g/mol. The Morgan fingerprint density at radius 3 is 2.92 bits per heavy atom. The number of hydrogen-bond acceptors (Lipinski definition) is 2. The third kappa shape index (κ3) is 4.35. The molecule has 1 aromatic heterocycles. The minimum Gasteiger partial charge on any atom is -0.493 e. The fraction of sp³-hybridized carbons (Fsp3) is 0.476. The molecule has 3 nitrogen and oxygen atoms in total. The maximum absolute atomic E-state index is 5.92. The minimum absolute atomic E-state index is 0.594. The summed E-state index contributed by atoms with van der Waals surface area (Å²) < 4.78 is 5.92. The summed E-state index contributed by atoms with van der Waals surface area (Å²) in [6.07, 6.45) is 9.98. The Bertz CT molecular complexity index is 614. The van der Waals surface area contributed by atoms with Crippen LogP contribution in [0.4, 0.5) is 0 Å². The molecule has 1 N–H and O–H groups in total. The molecule has 0 amide bonds. The Hall–Kier alpha value is -1.87. The van der Waals surface area contributed by atoms with Crippen molar-refractivity contribution in [1.29, 1.82) is 0 Å². The van der Waals surface area contributed by atoms with E-state index in [4.69, 9.17) is 4.74 Å². The molecule has 1 saturated heterocycles. The Kier molecular flexibility index (Phi) is 6.25. The van der Waals surface area contributed by atoms with Gasteiger partial charge in [0.15, 0.2) is 0 Å². The average Bonchev–Trinajstić information content (AvgIpc) is 2.66. The van der Waals surface area contributed by atoms with Crippen LogP contribution in [0.2, 0.25) is 0 Å². The summed E-state index contributed by atoms with van der Waals surface area (Å²) in [5.41, 5.74) is 2.73. The van der Waals surface area contributed by atoms with Gasteiger partial charge in [0.05, 0.1) is 19.7 Å². The van der Waals surface area contributed by atoms with Crippen molar-refractivity contribution in [2.45, 2.75) is 45.1 Å². The molecule has 128 valence electrons. The van der Waals surface area contributed by atoms with Gasteiger partial charge in [0.25, 0.3) is 0 Å². The van der Waals surface area contributed by atoms with Gasteiger partial charge in [0, 0.05) is 30.8 Å².